The first-order chi connectivity index (χ1) is 9.17. The molecule has 1 fully saturated rings. The molecule has 0 radical (unpaired) electrons. The molecule has 0 aliphatic carbocycles. The summed E-state index contributed by atoms with van der Waals surface area (Å²) in [7, 11) is -2.98. The van der Waals surface area contributed by atoms with Crippen molar-refractivity contribution in [2.24, 2.45) is 5.92 Å². The zero-order valence-corrected chi connectivity index (χ0v) is 11.4. The van der Waals surface area contributed by atoms with E-state index in [0.717, 1.165) is 6.07 Å². The first-order valence-electron chi connectivity index (χ1n) is 6.08. The van der Waals surface area contributed by atoms with Gasteiger partial charge in [0.25, 0.3) is 0 Å². The highest BCUT2D eigenvalue weighted by Gasteiger charge is 2.33. The standard InChI is InChI=1S/C12H15F3N2O2S/c13-12(14,15)10-5-9(1-2-11(10)16)17-6-8-3-4-20(18,19)7-8/h1-2,5,8,17H,3-4,6-7,16H2. The number of rotatable bonds is 3. The Balaban J connectivity index is 2.04. The SMILES string of the molecule is Nc1ccc(NCC2CCS(=O)(=O)C2)cc1C(F)(F)F. The van der Waals surface area contributed by atoms with Gasteiger partial charge in [0.05, 0.1) is 17.1 Å². The van der Waals surface area contributed by atoms with E-state index in [2.05, 4.69) is 5.32 Å². The van der Waals surface area contributed by atoms with Crippen LogP contribution in [0.25, 0.3) is 0 Å². The molecule has 1 aromatic rings. The first-order valence-corrected chi connectivity index (χ1v) is 7.90. The first kappa shape index (κ1) is 15.0. The summed E-state index contributed by atoms with van der Waals surface area (Å²) in [5, 5.41) is 2.84. The van der Waals surface area contributed by atoms with Gasteiger partial charge >= 0.3 is 6.18 Å². The van der Waals surface area contributed by atoms with E-state index >= 15 is 0 Å². The highest BCUT2D eigenvalue weighted by Crippen LogP contribution is 2.35. The highest BCUT2D eigenvalue weighted by molar-refractivity contribution is 7.91. The van der Waals surface area contributed by atoms with E-state index in [1.807, 2.05) is 0 Å². The summed E-state index contributed by atoms with van der Waals surface area (Å²) in [5.41, 5.74) is 4.38. The topological polar surface area (TPSA) is 72.2 Å². The van der Waals surface area contributed by atoms with Gasteiger partial charge in [-0.3, -0.25) is 0 Å². The average Bonchev–Trinajstić information content (AvgIpc) is 2.66. The molecule has 1 aliphatic rings. The predicted octanol–water partition coefficient (Wildman–Crippen LogP) is 2.13. The largest absolute Gasteiger partial charge is 0.418 e. The number of alkyl halides is 3. The van der Waals surface area contributed by atoms with E-state index in [9.17, 15) is 21.6 Å². The Morgan fingerprint density at radius 1 is 1.35 bits per heavy atom. The van der Waals surface area contributed by atoms with Crippen LogP contribution in [-0.4, -0.2) is 26.5 Å². The number of hydrogen-bond donors (Lipinski definition) is 2. The Bertz CT molecular complexity index is 599. The number of benzene rings is 1. The van der Waals surface area contributed by atoms with Crippen molar-refractivity contribution in [3.05, 3.63) is 23.8 Å². The van der Waals surface area contributed by atoms with Crippen LogP contribution in [0.5, 0.6) is 0 Å². The van der Waals surface area contributed by atoms with E-state index in [1.54, 1.807) is 0 Å². The van der Waals surface area contributed by atoms with Gasteiger partial charge in [-0.15, -0.1) is 0 Å². The van der Waals surface area contributed by atoms with Gasteiger partial charge in [-0.1, -0.05) is 0 Å². The Morgan fingerprint density at radius 2 is 2.05 bits per heavy atom. The summed E-state index contributed by atoms with van der Waals surface area (Å²) in [4.78, 5) is 0. The Labute approximate surface area is 115 Å². The monoisotopic (exact) mass is 308 g/mol. The lowest BCUT2D eigenvalue weighted by Gasteiger charge is -2.14. The van der Waals surface area contributed by atoms with Crippen molar-refractivity contribution < 1.29 is 21.6 Å². The molecule has 1 heterocycles. The van der Waals surface area contributed by atoms with Crippen molar-refractivity contribution in [1.29, 1.82) is 0 Å². The van der Waals surface area contributed by atoms with Crippen LogP contribution in [0, 0.1) is 5.92 Å². The van der Waals surface area contributed by atoms with Crippen LogP contribution < -0.4 is 11.1 Å². The van der Waals surface area contributed by atoms with Gasteiger partial charge in [0.15, 0.2) is 9.84 Å². The van der Waals surface area contributed by atoms with E-state index in [4.69, 9.17) is 5.73 Å². The van der Waals surface area contributed by atoms with Gasteiger partial charge in [-0.2, -0.15) is 13.2 Å². The van der Waals surface area contributed by atoms with Crippen LogP contribution in [0.4, 0.5) is 24.5 Å². The molecular weight excluding hydrogens is 293 g/mol. The van der Waals surface area contributed by atoms with Gasteiger partial charge in [0, 0.05) is 17.9 Å². The summed E-state index contributed by atoms with van der Waals surface area (Å²) in [6.45, 7) is 0.334. The van der Waals surface area contributed by atoms with E-state index in [0.29, 0.717) is 13.0 Å². The molecule has 20 heavy (non-hydrogen) atoms. The third kappa shape index (κ3) is 3.56. The second kappa shape index (κ2) is 5.16. The normalized spacial score (nSPS) is 21.9. The molecule has 1 aromatic carbocycles. The van der Waals surface area contributed by atoms with Crippen LogP contribution in [0.2, 0.25) is 0 Å². The molecule has 3 N–H and O–H groups in total. The molecule has 0 saturated carbocycles. The highest BCUT2D eigenvalue weighted by atomic mass is 32.2. The smallest absolute Gasteiger partial charge is 0.398 e. The van der Waals surface area contributed by atoms with Gasteiger partial charge in [0.2, 0.25) is 0 Å². The second-order valence-electron chi connectivity index (χ2n) is 4.95. The molecule has 4 nitrogen and oxygen atoms in total. The Hall–Kier alpha value is -1.44. The van der Waals surface area contributed by atoms with Crippen LogP contribution >= 0.6 is 0 Å². The molecule has 1 saturated heterocycles. The number of nitrogens with two attached hydrogens (primary N) is 1. The minimum Gasteiger partial charge on any atom is -0.398 e. The lowest BCUT2D eigenvalue weighted by molar-refractivity contribution is -0.136. The molecule has 112 valence electrons. The predicted molar refractivity (Wildman–Crippen MR) is 71.1 cm³/mol. The maximum Gasteiger partial charge on any atom is 0.418 e. The fourth-order valence-electron chi connectivity index (χ4n) is 2.21. The lowest BCUT2D eigenvalue weighted by atomic mass is 10.1. The van der Waals surface area contributed by atoms with Gasteiger partial charge in [-0.05, 0) is 30.5 Å². The van der Waals surface area contributed by atoms with Crippen LogP contribution in [0.3, 0.4) is 0 Å². The number of hydrogen-bond acceptors (Lipinski definition) is 4. The van der Waals surface area contributed by atoms with Crippen molar-refractivity contribution in [2.75, 3.05) is 29.1 Å². The zero-order chi connectivity index (χ0) is 15.0. The van der Waals surface area contributed by atoms with Crippen molar-refractivity contribution in [2.45, 2.75) is 12.6 Å². The maximum absolute atomic E-state index is 12.7. The molecule has 0 bridgehead atoms. The van der Waals surface area contributed by atoms with E-state index in [1.165, 1.54) is 12.1 Å². The molecule has 1 atom stereocenters. The average molecular weight is 308 g/mol. The number of anilines is 2. The van der Waals surface area contributed by atoms with Crippen molar-refractivity contribution in [1.82, 2.24) is 0 Å². The number of nitrogen functional groups attached to an aromatic ring is 1. The molecule has 0 aromatic heterocycles. The summed E-state index contributed by atoms with van der Waals surface area (Å²) < 4.78 is 60.6. The number of sulfone groups is 1. The molecule has 8 heteroatoms. The third-order valence-electron chi connectivity index (χ3n) is 3.28. The number of halogens is 3. The maximum atomic E-state index is 12.7. The second-order valence-corrected chi connectivity index (χ2v) is 7.18. The zero-order valence-electron chi connectivity index (χ0n) is 10.6. The quantitative estimate of drug-likeness (QED) is 0.839. The third-order valence-corrected chi connectivity index (χ3v) is 5.12. The van der Waals surface area contributed by atoms with Crippen LogP contribution in [0.1, 0.15) is 12.0 Å². The van der Waals surface area contributed by atoms with E-state index < -0.39 is 21.6 Å². The molecule has 0 amide bonds. The van der Waals surface area contributed by atoms with Gasteiger partial charge < -0.3 is 11.1 Å². The fraction of sp³-hybridized carbons (Fsp3) is 0.500. The van der Waals surface area contributed by atoms with Crippen molar-refractivity contribution in [3.63, 3.8) is 0 Å². The lowest BCUT2D eigenvalue weighted by Crippen LogP contribution is -2.16. The summed E-state index contributed by atoms with van der Waals surface area (Å²) in [6.07, 6.45) is -3.96. The fourth-order valence-corrected chi connectivity index (χ4v) is 4.07. The van der Waals surface area contributed by atoms with E-state index in [-0.39, 0.29) is 28.8 Å². The molecule has 0 spiro atoms. The van der Waals surface area contributed by atoms with Gasteiger partial charge in [0.1, 0.15) is 0 Å². The minimum atomic E-state index is -4.50. The van der Waals surface area contributed by atoms with Crippen molar-refractivity contribution in [3.8, 4) is 0 Å². The minimum absolute atomic E-state index is 0.0631. The molecule has 1 aliphatic heterocycles. The van der Waals surface area contributed by atoms with Crippen LogP contribution in [-0.2, 0) is 16.0 Å². The van der Waals surface area contributed by atoms with Gasteiger partial charge in [-0.25, -0.2) is 8.42 Å². The summed E-state index contributed by atoms with van der Waals surface area (Å²) in [5.74, 6) is 0.169. The molecule has 2 rings (SSSR count). The van der Waals surface area contributed by atoms with Crippen LogP contribution in [0.15, 0.2) is 18.2 Å². The Morgan fingerprint density at radius 3 is 2.60 bits per heavy atom. The summed E-state index contributed by atoms with van der Waals surface area (Å²) in [6, 6.07) is 3.59. The summed E-state index contributed by atoms with van der Waals surface area (Å²) >= 11 is 0. The number of nitrogens with one attached hydrogen (secondary N) is 1. The van der Waals surface area contributed by atoms with Crippen molar-refractivity contribution >= 4 is 21.2 Å². The molecular formula is C12H15F3N2O2S. The Kier molecular flexibility index (Phi) is 3.86. The molecule has 1 unspecified atom stereocenters.